The van der Waals surface area contributed by atoms with Crippen molar-refractivity contribution >= 4 is 23.2 Å². The quantitative estimate of drug-likeness (QED) is 0.862. The van der Waals surface area contributed by atoms with Gasteiger partial charge in [-0.15, -0.1) is 0 Å². The van der Waals surface area contributed by atoms with E-state index in [9.17, 15) is 4.79 Å². The topological polar surface area (TPSA) is 46.3 Å². The van der Waals surface area contributed by atoms with Crippen molar-refractivity contribution in [2.45, 2.75) is 13.0 Å². The molecule has 3 rings (SSSR count). The molecular weight excluding hydrogens is 272 g/mol. The molecule has 0 aromatic heterocycles. The van der Waals surface area contributed by atoms with E-state index in [0.717, 1.165) is 29.7 Å². The molecule has 0 unspecified atom stereocenters. The molecule has 20 heavy (non-hydrogen) atoms. The molecule has 2 N–H and O–H groups in total. The van der Waals surface area contributed by atoms with Crippen LogP contribution in [0.2, 0.25) is 5.02 Å². The fraction of sp³-hybridized carbons (Fsp3) is 0.188. The zero-order valence-corrected chi connectivity index (χ0v) is 11.7. The molecule has 1 amide bonds. The van der Waals surface area contributed by atoms with Gasteiger partial charge in [-0.25, -0.2) is 0 Å². The highest BCUT2D eigenvalue weighted by atomic mass is 35.5. The first kappa shape index (κ1) is 13.0. The molecule has 2 aromatic rings. The molecule has 0 fully saturated rings. The maximum Gasteiger partial charge on any atom is 0.254 e. The van der Waals surface area contributed by atoms with Crippen LogP contribution >= 0.6 is 11.6 Å². The van der Waals surface area contributed by atoms with Crippen molar-refractivity contribution in [2.75, 3.05) is 12.3 Å². The molecule has 0 aliphatic carbocycles. The molecule has 3 nitrogen and oxygen atoms in total. The Kier molecular flexibility index (Phi) is 3.36. The molecule has 0 bridgehead atoms. The summed E-state index contributed by atoms with van der Waals surface area (Å²) in [5.74, 6) is 0.0692. The van der Waals surface area contributed by atoms with Crippen LogP contribution in [-0.2, 0) is 13.0 Å². The van der Waals surface area contributed by atoms with Crippen LogP contribution in [0.5, 0.6) is 0 Å². The summed E-state index contributed by atoms with van der Waals surface area (Å²) >= 11 is 6.18. The zero-order valence-electron chi connectivity index (χ0n) is 11.0. The number of nitrogens with two attached hydrogens (primary N) is 1. The molecule has 0 radical (unpaired) electrons. The maximum atomic E-state index is 12.5. The number of rotatable bonds is 2. The first-order valence-corrected chi connectivity index (χ1v) is 6.94. The van der Waals surface area contributed by atoms with Crippen LogP contribution in [0.3, 0.4) is 0 Å². The average Bonchev–Trinajstić information content (AvgIpc) is 2.45. The summed E-state index contributed by atoms with van der Waals surface area (Å²) in [7, 11) is 0. The van der Waals surface area contributed by atoms with Crippen LogP contribution in [0.15, 0.2) is 42.5 Å². The summed E-state index contributed by atoms with van der Waals surface area (Å²) in [6, 6.07) is 13.2. The van der Waals surface area contributed by atoms with Gasteiger partial charge < -0.3 is 10.6 Å². The Morgan fingerprint density at radius 3 is 2.80 bits per heavy atom. The van der Waals surface area contributed by atoms with E-state index in [1.165, 1.54) is 0 Å². The minimum Gasteiger partial charge on any atom is -0.399 e. The average molecular weight is 287 g/mol. The lowest BCUT2D eigenvalue weighted by Crippen LogP contribution is -2.37. The molecule has 0 spiro atoms. The van der Waals surface area contributed by atoms with E-state index in [-0.39, 0.29) is 5.91 Å². The number of nitrogens with zero attached hydrogens (tertiary/aromatic N) is 1. The van der Waals surface area contributed by atoms with E-state index in [4.69, 9.17) is 17.3 Å². The van der Waals surface area contributed by atoms with Crippen molar-refractivity contribution in [3.8, 4) is 0 Å². The number of carbonyl (C=O) groups excluding carboxylic acids is 1. The second kappa shape index (κ2) is 5.17. The Morgan fingerprint density at radius 1 is 1.20 bits per heavy atom. The minimum absolute atomic E-state index is 0.0692. The van der Waals surface area contributed by atoms with Crippen molar-refractivity contribution in [3.05, 3.63) is 64.2 Å². The van der Waals surface area contributed by atoms with Gasteiger partial charge in [-0.2, -0.15) is 0 Å². The van der Waals surface area contributed by atoms with Crippen LogP contribution in [0.1, 0.15) is 21.5 Å². The number of halogens is 1. The zero-order chi connectivity index (χ0) is 14.1. The van der Waals surface area contributed by atoms with Gasteiger partial charge in [0.15, 0.2) is 0 Å². The highest BCUT2D eigenvalue weighted by Gasteiger charge is 2.24. The minimum atomic E-state index is 0.0692. The third-order valence-electron chi connectivity index (χ3n) is 3.62. The first-order chi connectivity index (χ1) is 9.65. The number of hydrogen-bond donors (Lipinski definition) is 1. The van der Waals surface area contributed by atoms with Gasteiger partial charge >= 0.3 is 0 Å². The second-order valence-corrected chi connectivity index (χ2v) is 5.39. The molecule has 0 atom stereocenters. The van der Waals surface area contributed by atoms with Crippen LogP contribution < -0.4 is 5.73 Å². The third kappa shape index (κ3) is 2.37. The SMILES string of the molecule is Nc1ccc(CN2CCc3ccccc3C2=O)c(Cl)c1. The fourth-order valence-electron chi connectivity index (χ4n) is 2.52. The number of carbonyl (C=O) groups is 1. The van der Waals surface area contributed by atoms with Crippen molar-refractivity contribution in [1.82, 2.24) is 4.90 Å². The smallest absolute Gasteiger partial charge is 0.254 e. The summed E-state index contributed by atoms with van der Waals surface area (Å²) in [5.41, 5.74) is 9.16. The number of nitrogen functional groups attached to an aromatic ring is 1. The van der Waals surface area contributed by atoms with Gasteiger partial charge in [0, 0.05) is 29.4 Å². The van der Waals surface area contributed by atoms with Gasteiger partial charge in [0.25, 0.3) is 5.91 Å². The van der Waals surface area contributed by atoms with Gasteiger partial charge in [0.2, 0.25) is 0 Å². The van der Waals surface area contributed by atoms with E-state index in [2.05, 4.69) is 0 Å². The molecule has 0 saturated carbocycles. The maximum absolute atomic E-state index is 12.5. The number of anilines is 1. The summed E-state index contributed by atoms with van der Waals surface area (Å²) in [4.78, 5) is 14.3. The Labute approximate surface area is 123 Å². The Bertz CT molecular complexity index is 669. The predicted molar refractivity (Wildman–Crippen MR) is 80.8 cm³/mol. The first-order valence-electron chi connectivity index (χ1n) is 6.56. The molecule has 4 heteroatoms. The lowest BCUT2D eigenvalue weighted by molar-refractivity contribution is 0.0727. The lowest BCUT2D eigenvalue weighted by atomic mass is 9.98. The molecule has 102 valence electrons. The number of amides is 1. The highest BCUT2D eigenvalue weighted by molar-refractivity contribution is 6.31. The number of benzene rings is 2. The number of fused-ring (bicyclic) bond motifs is 1. The second-order valence-electron chi connectivity index (χ2n) is 4.98. The van der Waals surface area contributed by atoms with E-state index >= 15 is 0 Å². The Morgan fingerprint density at radius 2 is 2.00 bits per heavy atom. The number of hydrogen-bond acceptors (Lipinski definition) is 2. The summed E-state index contributed by atoms with van der Waals surface area (Å²) in [6.07, 6.45) is 0.883. The van der Waals surface area contributed by atoms with Crippen LogP contribution in [0.25, 0.3) is 0 Å². The van der Waals surface area contributed by atoms with Crippen LogP contribution in [0.4, 0.5) is 5.69 Å². The van der Waals surface area contributed by atoms with Crippen molar-refractivity contribution in [2.24, 2.45) is 0 Å². The van der Waals surface area contributed by atoms with Gasteiger partial charge in [0.05, 0.1) is 0 Å². The molecule has 1 aliphatic heterocycles. The van der Waals surface area contributed by atoms with Crippen molar-refractivity contribution in [1.29, 1.82) is 0 Å². The third-order valence-corrected chi connectivity index (χ3v) is 3.98. The van der Waals surface area contributed by atoms with E-state index in [1.807, 2.05) is 41.3 Å². The van der Waals surface area contributed by atoms with Gasteiger partial charge in [-0.05, 0) is 35.7 Å². The normalized spacial score (nSPS) is 14.2. The van der Waals surface area contributed by atoms with Crippen LogP contribution in [-0.4, -0.2) is 17.4 Å². The monoisotopic (exact) mass is 286 g/mol. The molecule has 0 saturated heterocycles. The molecule has 2 aromatic carbocycles. The van der Waals surface area contributed by atoms with Gasteiger partial charge in [-0.1, -0.05) is 35.9 Å². The van der Waals surface area contributed by atoms with E-state index in [1.54, 1.807) is 6.07 Å². The summed E-state index contributed by atoms with van der Waals surface area (Å²) in [6.45, 7) is 1.24. The summed E-state index contributed by atoms with van der Waals surface area (Å²) in [5, 5.41) is 0.608. The van der Waals surface area contributed by atoms with Crippen molar-refractivity contribution in [3.63, 3.8) is 0 Å². The Hall–Kier alpha value is -2.00. The lowest BCUT2D eigenvalue weighted by Gasteiger charge is -2.29. The molecule has 1 aliphatic rings. The van der Waals surface area contributed by atoms with E-state index < -0.39 is 0 Å². The highest BCUT2D eigenvalue weighted by Crippen LogP contribution is 2.24. The van der Waals surface area contributed by atoms with Crippen LogP contribution in [0, 0.1) is 0 Å². The predicted octanol–water partition coefficient (Wildman–Crippen LogP) is 3.12. The molecule has 1 heterocycles. The largest absolute Gasteiger partial charge is 0.399 e. The van der Waals surface area contributed by atoms with Gasteiger partial charge in [-0.3, -0.25) is 4.79 Å². The standard InChI is InChI=1S/C16H15ClN2O/c17-15-9-13(18)6-5-12(15)10-19-8-7-11-3-1-2-4-14(11)16(19)20/h1-6,9H,7-8,10,18H2. The fourth-order valence-corrected chi connectivity index (χ4v) is 2.77. The van der Waals surface area contributed by atoms with Crippen molar-refractivity contribution < 1.29 is 4.79 Å². The Balaban J connectivity index is 1.85. The summed E-state index contributed by atoms with van der Waals surface area (Å²) < 4.78 is 0. The van der Waals surface area contributed by atoms with Gasteiger partial charge in [0.1, 0.15) is 0 Å². The molecular formula is C16H15ClN2O. The van der Waals surface area contributed by atoms with E-state index in [0.29, 0.717) is 17.3 Å².